The van der Waals surface area contributed by atoms with Gasteiger partial charge in [-0.3, -0.25) is 19.8 Å². The number of nitrogens with one attached hydrogen (secondary N) is 1. The van der Waals surface area contributed by atoms with Gasteiger partial charge in [-0.25, -0.2) is 9.18 Å². The number of ether oxygens (including phenoxy) is 1. The lowest BCUT2D eigenvalue weighted by Gasteiger charge is -2.31. The van der Waals surface area contributed by atoms with Crippen molar-refractivity contribution in [2.45, 2.75) is 38.3 Å². The summed E-state index contributed by atoms with van der Waals surface area (Å²) in [5.74, 6) is -1.36. The molecule has 160 valence electrons. The molecule has 1 saturated carbocycles. The summed E-state index contributed by atoms with van der Waals surface area (Å²) in [5, 5.41) is 2.26. The van der Waals surface area contributed by atoms with E-state index < -0.39 is 17.8 Å². The predicted molar refractivity (Wildman–Crippen MR) is 115 cm³/mol. The van der Waals surface area contributed by atoms with Crippen molar-refractivity contribution in [2.75, 3.05) is 0 Å². The van der Waals surface area contributed by atoms with Gasteiger partial charge in [-0.05, 0) is 43.2 Å². The molecule has 0 aromatic heterocycles. The normalized spacial score (nSPS) is 18.6. The first-order valence-corrected chi connectivity index (χ1v) is 10.8. The Hall–Kier alpha value is -3.00. The third-order valence-electron chi connectivity index (χ3n) is 5.44. The molecule has 4 amide bonds. The molecule has 0 spiro atoms. The van der Waals surface area contributed by atoms with E-state index in [2.05, 4.69) is 21.2 Å². The number of nitrogens with zero attached hydrogens (tertiary/aromatic N) is 1. The van der Waals surface area contributed by atoms with E-state index >= 15 is 0 Å². The molecule has 1 N–H and O–H groups in total. The Kier molecular flexibility index (Phi) is 6.18. The molecular formula is C23H20BrFN2O4. The molecule has 2 aliphatic rings. The summed E-state index contributed by atoms with van der Waals surface area (Å²) in [6.07, 6.45) is 4.75. The molecule has 1 aliphatic heterocycles. The number of hydrogen-bond donors (Lipinski definition) is 1. The Bertz CT molecular complexity index is 1080. The summed E-state index contributed by atoms with van der Waals surface area (Å²) in [5.41, 5.74) is 0.707. The Morgan fingerprint density at radius 2 is 1.87 bits per heavy atom. The number of amides is 4. The fourth-order valence-corrected chi connectivity index (χ4v) is 4.23. The summed E-state index contributed by atoms with van der Waals surface area (Å²) < 4.78 is 20.4. The summed E-state index contributed by atoms with van der Waals surface area (Å²) in [6.45, 7) is -0.0166. The molecule has 2 aromatic rings. The fraction of sp³-hybridized carbons (Fsp3) is 0.261. The summed E-state index contributed by atoms with van der Waals surface area (Å²) >= 11 is 3.38. The van der Waals surface area contributed by atoms with E-state index in [0.29, 0.717) is 21.3 Å². The van der Waals surface area contributed by atoms with Gasteiger partial charge in [0.2, 0.25) is 0 Å². The van der Waals surface area contributed by atoms with Gasteiger partial charge in [0.1, 0.15) is 23.7 Å². The van der Waals surface area contributed by atoms with E-state index in [9.17, 15) is 18.8 Å². The smallest absolute Gasteiger partial charge is 0.331 e. The second-order valence-corrected chi connectivity index (χ2v) is 8.41. The largest absolute Gasteiger partial charge is 0.488 e. The average Bonchev–Trinajstić information content (AvgIpc) is 3.25. The summed E-state index contributed by atoms with van der Waals surface area (Å²) in [7, 11) is 0. The number of urea groups is 1. The Morgan fingerprint density at radius 3 is 2.61 bits per heavy atom. The maximum Gasteiger partial charge on any atom is 0.331 e. The van der Waals surface area contributed by atoms with Crippen molar-refractivity contribution < 1.29 is 23.5 Å². The molecule has 0 unspecified atom stereocenters. The van der Waals surface area contributed by atoms with Gasteiger partial charge in [-0.1, -0.05) is 47.0 Å². The highest BCUT2D eigenvalue weighted by Gasteiger charge is 2.40. The molecule has 2 aromatic carbocycles. The lowest BCUT2D eigenvalue weighted by atomic mass is 10.0. The van der Waals surface area contributed by atoms with Gasteiger partial charge in [-0.2, -0.15) is 0 Å². The van der Waals surface area contributed by atoms with Crippen LogP contribution >= 0.6 is 15.9 Å². The zero-order valence-corrected chi connectivity index (χ0v) is 18.2. The summed E-state index contributed by atoms with van der Waals surface area (Å²) in [6, 6.07) is 10.5. The predicted octanol–water partition coefficient (Wildman–Crippen LogP) is 4.57. The summed E-state index contributed by atoms with van der Waals surface area (Å²) in [4.78, 5) is 38.9. The highest BCUT2D eigenvalue weighted by Crippen LogP contribution is 2.30. The lowest BCUT2D eigenvalue weighted by Crippen LogP contribution is -2.57. The number of imide groups is 2. The Labute approximate surface area is 187 Å². The van der Waals surface area contributed by atoms with Crippen LogP contribution in [0.1, 0.15) is 36.8 Å². The van der Waals surface area contributed by atoms with Crippen LogP contribution < -0.4 is 10.1 Å². The monoisotopic (exact) mass is 486 g/mol. The van der Waals surface area contributed by atoms with Crippen LogP contribution in [-0.4, -0.2) is 28.8 Å². The minimum absolute atomic E-state index is 0.0166. The minimum atomic E-state index is -0.746. The first kappa shape index (κ1) is 21.2. The van der Waals surface area contributed by atoms with Gasteiger partial charge in [-0.15, -0.1) is 0 Å². The number of carbonyl (C=O) groups excluding carboxylic acids is 3. The van der Waals surface area contributed by atoms with Crippen molar-refractivity contribution in [3.63, 3.8) is 0 Å². The molecule has 1 aliphatic carbocycles. The van der Waals surface area contributed by atoms with Crippen molar-refractivity contribution in [3.05, 3.63) is 69.5 Å². The fourth-order valence-electron chi connectivity index (χ4n) is 3.86. The van der Waals surface area contributed by atoms with Gasteiger partial charge in [0.25, 0.3) is 11.8 Å². The van der Waals surface area contributed by atoms with E-state index in [-0.39, 0.29) is 24.0 Å². The zero-order valence-electron chi connectivity index (χ0n) is 16.6. The molecule has 8 heteroatoms. The van der Waals surface area contributed by atoms with E-state index in [1.54, 1.807) is 36.4 Å². The van der Waals surface area contributed by atoms with Gasteiger partial charge >= 0.3 is 6.03 Å². The second-order valence-electron chi connectivity index (χ2n) is 7.49. The molecule has 31 heavy (non-hydrogen) atoms. The van der Waals surface area contributed by atoms with Gasteiger partial charge < -0.3 is 4.74 Å². The van der Waals surface area contributed by atoms with Crippen LogP contribution in [0, 0.1) is 5.82 Å². The molecule has 1 heterocycles. The highest BCUT2D eigenvalue weighted by atomic mass is 79.9. The average molecular weight is 487 g/mol. The first-order valence-electron chi connectivity index (χ1n) is 10.0. The van der Waals surface area contributed by atoms with Crippen molar-refractivity contribution in [3.8, 4) is 5.75 Å². The number of rotatable bonds is 5. The topological polar surface area (TPSA) is 75.7 Å². The lowest BCUT2D eigenvalue weighted by molar-refractivity contribution is -0.131. The first-order chi connectivity index (χ1) is 14.9. The van der Waals surface area contributed by atoms with Crippen molar-refractivity contribution in [1.29, 1.82) is 0 Å². The Balaban J connectivity index is 1.64. The quantitative estimate of drug-likeness (QED) is 0.495. The maximum atomic E-state index is 13.9. The van der Waals surface area contributed by atoms with Crippen LogP contribution in [-0.2, 0) is 16.2 Å². The number of barbiturate groups is 1. The van der Waals surface area contributed by atoms with Crippen LogP contribution in [0.5, 0.6) is 5.75 Å². The molecule has 4 rings (SSSR count). The van der Waals surface area contributed by atoms with E-state index in [1.807, 2.05) is 0 Å². The number of benzene rings is 2. The standard InChI is InChI=1S/C23H20BrFN2O4/c24-16-9-10-20(31-13-14-5-1-4-8-19(14)25)15(11-16)12-18-21(28)26-23(30)27(22(18)29)17-6-2-3-7-17/h1,4-5,8-12,17H,2-3,6-7,13H2,(H,26,28,30)/b18-12+. The molecule has 6 nitrogen and oxygen atoms in total. The highest BCUT2D eigenvalue weighted by molar-refractivity contribution is 9.10. The zero-order chi connectivity index (χ0) is 22.0. The molecular weight excluding hydrogens is 467 g/mol. The van der Waals surface area contributed by atoms with Crippen LogP contribution in [0.3, 0.4) is 0 Å². The van der Waals surface area contributed by atoms with Crippen LogP contribution in [0.4, 0.5) is 9.18 Å². The van der Waals surface area contributed by atoms with Gasteiger partial charge in [0.15, 0.2) is 0 Å². The minimum Gasteiger partial charge on any atom is -0.488 e. The number of halogens is 2. The van der Waals surface area contributed by atoms with E-state index in [0.717, 1.165) is 30.6 Å². The van der Waals surface area contributed by atoms with Crippen LogP contribution in [0.15, 0.2) is 52.5 Å². The number of carbonyl (C=O) groups is 3. The maximum absolute atomic E-state index is 13.9. The van der Waals surface area contributed by atoms with E-state index in [1.165, 1.54) is 12.1 Å². The second kappa shape index (κ2) is 9.01. The molecule has 1 saturated heterocycles. The van der Waals surface area contributed by atoms with Crippen molar-refractivity contribution in [2.24, 2.45) is 0 Å². The van der Waals surface area contributed by atoms with Crippen molar-refractivity contribution >= 4 is 39.9 Å². The van der Waals surface area contributed by atoms with Crippen LogP contribution in [0.25, 0.3) is 6.08 Å². The molecule has 2 fully saturated rings. The number of hydrogen-bond acceptors (Lipinski definition) is 4. The molecule has 0 radical (unpaired) electrons. The van der Waals surface area contributed by atoms with Crippen LogP contribution in [0.2, 0.25) is 0 Å². The van der Waals surface area contributed by atoms with Gasteiger partial charge in [0, 0.05) is 21.6 Å². The molecule has 0 atom stereocenters. The Morgan fingerprint density at radius 1 is 1.13 bits per heavy atom. The van der Waals surface area contributed by atoms with Crippen molar-refractivity contribution in [1.82, 2.24) is 10.2 Å². The molecule has 0 bridgehead atoms. The SMILES string of the molecule is O=C1NC(=O)N(C2CCCC2)C(=O)/C1=C/c1cc(Br)ccc1OCc1ccccc1F. The van der Waals surface area contributed by atoms with E-state index in [4.69, 9.17) is 4.74 Å². The third-order valence-corrected chi connectivity index (χ3v) is 5.93. The van der Waals surface area contributed by atoms with Gasteiger partial charge in [0.05, 0.1) is 0 Å². The third kappa shape index (κ3) is 4.54.